The Morgan fingerprint density at radius 1 is 1.24 bits per heavy atom. The lowest BCUT2D eigenvalue weighted by molar-refractivity contribution is 0.322. The van der Waals surface area contributed by atoms with Gasteiger partial charge in [-0.05, 0) is 40.2 Å². The summed E-state index contributed by atoms with van der Waals surface area (Å²) in [5.74, 6) is 1.82. The third-order valence-electron chi connectivity index (χ3n) is 3.13. The Kier molecular flexibility index (Phi) is 3.16. The molecule has 0 spiro atoms. The highest BCUT2D eigenvalue weighted by atomic mass is 79.9. The molecule has 2 aromatic heterocycles. The normalized spacial score (nSPS) is 13.4. The summed E-state index contributed by atoms with van der Waals surface area (Å²) < 4.78 is 12.2. The lowest BCUT2D eigenvalue weighted by Crippen LogP contribution is -2.18. The zero-order valence-electron chi connectivity index (χ0n) is 10.8. The summed E-state index contributed by atoms with van der Waals surface area (Å²) in [6.45, 7) is 1.43. The van der Waals surface area contributed by atoms with Gasteiger partial charge in [0, 0.05) is 6.54 Å². The quantitative estimate of drug-likeness (QED) is 0.744. The Bertz CT molecular complexity index is 799. The average molecular weight is 364 g/mol. The number of benzene rings is 1. The molecular weight excluding hydrogens is 354 g/mol. The molecule has 0 saturated heterocycles. The van der Waals surface area contributed by atoms with Crippen molar-refractivity contribution in [2.45, 2.75) is 0 Å². The predicted molar refractivity (Wildman–Crippen MR) is 84.7 cm³/mol. The van der Waals surface area contributed by atoms with E-state index < -0.39 is 0 Å². The van der Waals surface area contributed by atoms with E-state index in [4.69, 9.17) is 9.26 Å². The van der Waals surface area contributed by atoms with E-state index in [9.17, 15) is 0 Å². The van der Waals surface area contributed by atoms with Crippen LogP contribution in [0.4, 0.5) is 5.69 Å². The zero-order valence-corrected chi connectivity index (χ0v) is 13.2. The molecule has 7 heteroatoms. The topological polar surface area (TPSA) is 60.2 Å². The van der Waals surface area contributed by atoms with Crippen molar-refractivity contribution in [2.75, 3.05) is 18.5 Å². The minimum absolute atomic E-state index is 0.468. The van der Waals surface area contributed by atoms with E-state index in [0.29, 0.717) is 18.3 Å². The van der Waals surface area contributed by atoms with Gasteiger partial charge in [0.15, 0.2) is 5.75 Å². The average Bonchev–Trinajstić information content (AvgIpc) is 3.15. The van der Waals surface area contributed by atoms with Crippen LogP contribution < -0.4 is 10.1 Å². The van der Waals surface area contributed by atoms with E-state index in [2.05, 4.69) is 31.4 Å². The van der Waals surface area contributed by atoms with E-state index in [0.717, 1.165) is 32.2 Å². The summed E-state index contributed by atoms with van der Waals surface area (Å²) >= 11 is 5.00. The van der Waals surface area contributed by atoms with Gasteiger partial charge in [0.1, 0.15) is 6.61 Å². The number of rotatable bonds is 2. The van der Waals surface area contributed by atoms with Gasteiger partial charge in [0.25, 0.3) is 5.89 Å². The Morgan fingerprint density at radius 2 is 2.19 bits per heavy atom. The molecular formula is C14H10BrN3O2S. The first-order valence-corrected chi connectivity index (χ1v) is 8.02. The molecule has 0 saturated carbocycles. The molecule has 3 aromatic rings. The lowest BCUT2D eigenvalue weighted by atomic mass is 10.1. The maximum atomic E-state index is 5.73. The number of anilines is 1. The summed E-state index contributed by atoms with van der Waals surface area (Å²) in [5.41, 5.74) is 1.77. The smallest absolute Gasteiger partial charge is 0.262 e. The maximum Gasteiger partial charge on any atom is 0.262 e. The fraction of sp³-hybridized carbons (Fsp3) is 0.143. The monoisotopic (exact) mass is 363 g/mol. The SMILES string of the molecule is Brc1ccc(-c2noc(-c3cccc4c3OCCN4)n2)s1. The second-order valence-corrected chi connectivity index (χ2v) is 6.95. The highest BCUT2D eigenvalue weighted by Crippen LogP contribution is 2.38. The number of ether oxygens (including phenoxy) is 1. The summed E-state index contributed by atoms with van der Waals surface area (Å²) in [6, 6.07) is 9.77. The molecule has 0 bridgehead atoms. The fourth-order valence-corrected chi connectivity index (χ4v) is 3.52. The second kappa shape index (κ2) is 5.16. The van der Waals surface area contributed by atoms with Crippen molar-refractivity contribution in [3.05, 3.63) is 34.1 Å². The van der Waals surface area contributed by atoms with E-state index in [1.807, 2.05) is 30.3 Å². The van der Waals surface area contributed by atoms with Crippen LogP contribution in [-0.4, -0.2) is 23.3 Å². The van der Waals surface area contributed by atoms with E-state index in [-0.39, 0.29) is 0 Å². The van der Waals surface area contributed by atoms with Gasteiger partial charge in [0.05, 0.1) is 19.9 Å². The largest absolute Gasteiger partial charge is 0.489 e. The number of para-hydroxylation sites is 1. The number of fused-ring (bicyclic) bond motifs is 1. The second-order valence-electron chi connectivity index (χ2n) is 4.48. The molecule has 0 atom stereocenters. The molecule has 21 heavy (non-hydrogen) atoms. The van der Waals surface area contributed by atoms with Crippen molar-refractivity contribution in [2.24, 2.45) is 0 Å². The first kappa shape index (κ1) is 12.8. The van der Waals surface area contributed by atoms with Gasteiger partial charge in [-0.25, -0.2) is 0 Å². The van der Waals surface area contributed by atoms with Gasteiger partial charge in [0.2, 0.25) is 5.82 Å². The third-order valence-corrected chi connectivity index (χ3v) is 4.75. The number of hydrogen-bond acceptors (Lipinski definition) is 6. The van der Waals surface area contributed by atoms with E-state index in [1.54, 1.807) is 11.3 Å². The standard InChI is InChI=1S/C14H10BrN3O2S/c15-11-5-4-10(21-11)13-17-14(20-18-13)8-2-1-3-9-12(8)19-7-6-16-9/h1-5,16H,6-7H2. The summed E-state index contributed by atoms with van der Waals surface area (Å²) in [5, 5.41) is 7.35. The van der Waals surface area contributed by atoms with Crippen LogP contribution in [0.25, 0.3) is 22.2 Å². The van der Waals surface area contributed by atoms with E-state index in [1.165, 1.54) is 0 Å². The Morgan fingerprint density at radius 3 is 3.05 bits per heavy atom. The highest BCUT2D eigenvalue weighted by Gasteiger charge is 2.20. The van der Waals surface area contributed by atoms with Gasteiger partial charge in [-0.2, -0.15) is 4.98 Å². The van der Waals surface area contributed by atoms with Crippen molar-refractivity contribution < 1.29 is 9.26 Å². The van der Waals surface area contributed by atoms with Crippen LogP contribution >= 0.6 is 27.3 Å². The van der Waals surface area contributed by atoms with Crippen LogP contribution in [0.3, 0.4) is 0 Å². The number of hydrogen-bond donors (Lipinski definition) is 1. The van der Waals surface area contributed by atoms with Gasteiger partial charge in [-0.1, -0.05) is 11.2 Å². The molecule has 1 aromatic carbocycles. The molecule has 4 rings (SSSR count). The van der Waals surface area contributed by atoms with Crippen molar-refractivity contribution in [3.63, 3.8) is 0 Å². The number of nitrogens with one attached hydrogen (secondary N) is 1. The summed E-state index contributed by atoms with van der Waals surface area (Å²) in [6.07, 6.45) is 0. The van der Waals surface area contributed by atoms with Gasteiger partial charge in [-0.3, -0.25) is 0 Å². The summed E-state index contributed by atoms with van der Waals surface area (Å²) in [7, 11) is 0. The van der Waals surface area contributed by atoms with E-state index >= 15 is 0 Å². The predicted octanol–water partition coefficient (Wildman–Crippen LogP) is 4.03. The zero-order chi connectivity index (χ0) is 14.2. The van der Waals surface area contributed by atoms with Crippen LogP contribution in [0.1, 0.15) is 0 Å². The molecule has 0 radical (unpaired) electrons. The molecule has 1 N–H and O–H groups in total. The molecule has 3 heterocycles. The lowest BCUT2D eigenvalue weighted by Gasteiger charge is -2.20. The van der Waals surface area contributed by atoms with Gasteiger partial charge in [-0.15, -0.1) is 11.3 Å². The number of nitrogens with zero attached hydrogens (tertiary/aromatic N) is 2. The molecule has 0 fully saturated rings. The fourth-order valence-electron chi connectivity index (χ4n) is 2.21. The molecule has 106 valence electrons. The molecule has 0 unspecified atom stereocenters. The van der Waals surface area contributed by atoms with Gasteiger partial charge >= 0.3 is 0 Å². The van der Waals surface area contributed by atoms with Gasteiger partial charge < -0.3 is 14.6 Å². The van der Waals surface area contributed by atoms with Crippen LogP contribution in [0.2, 0.25) is 0 Å². The first-order valence-electron chi connectivity index (χ1n) is 6.41. The Hall–Kier alpha value is -1.86. The Balaban J connectivity index is 1.76. The number of halogens is 1. The van der Waals surface area contributed by atoms with Crippen LogP contribution in [0.15, 0.2) is 38.6 Å². The molecule has 0 aliphatic carbocycles. The van der Waals surface area contributed by atoms with Crippen molar-refractivity contribution in [3.8, 4) is 27.9 Å². The van der Waals surface area contributed by atoms with Crippen LogP contribution in [0, 0.1) is 0 Å². The first-order chi connectivity index (χ1) is 10.3. The van der Waals surface area contributed by atoms with Crippen LogP contribution in [0.5, 0.6) is 5.75 Å². The Labute approximate surface area is 133 Å². The highest BCUT2D eigenvalue weighted by molar-refractivity contribution is 9.11. The van der Waals surface area contributed by atoms with Crippen molar-refractivity contribution in [1.82, 2.24) is 10.1 Å². The van der Waals surface area contributed by atoms with Crippen molar-refractivity contribution >= 4 is 33.0 Å². The minimum Gasteiger partial charge on any atom is -0.489 e. The molecule has 5 nitrogen and oxygen atoms in total. The third kappa shape index (κ3) is 2.32. The maximum absolute atomic E-state index is 5.73. The molecule has 1 aliphatic rings. The molecule has 0 amide bonds. The number of thiophene rings is 1. The number of aromatic nitrogens is 2. The van der Waals surface area contributed by atoms with Crippen LogP contribution in [-0.2, 0) is 0 Å². The summed E-state index contributed by atoms with van der Waals surface area (Å²) in [4.78, 5) is 5.44. The van der Waals surface area contributed by atoms with Crippen molar-refractivity contribution in [1.29, 1.82) is 0 Å². The minimum atomic E-state index is 0.468. The molecule has 1 aliphatic heterocycles.